The molecule has 0 aliphatic carbocycles. The van der Waals surface area contributed by atoms with Crippen molar-refractivity contribution in [3.05, 3.63) is 35.1 Å². The van der Waals surface area contributed by atoms with Crippen LogP contribution in [0.3, 0.4) is 0 Å². The van der Waals surface area contributed by atoms with Crippen molar-refractivity contribution in [1.82, 2.24) is 14.8 Å². The zero-order valence-corrected chi connectivity index (χ0v) is 13.9. The summed E-state index contributed by atoms with van der Waals surface area (Å²) in [5.41, 5.74) is 1.69. The van der Waals surface area contributed by atoms with Crippen LogP contribution in [0.15, 0.2) is 29.7 Å². The summed E-state index contributed by atoms with van der Waals surface area (Å²) in [6, 6.07) is 5.35. The fraction of sp³-hybridized carbons (Fsp3) is 0.357. The van der Waals surface area contributed by atoms with Crippen molar-refractivity contribution in [3.8, 4) is 0 Å². The van der Waals surface area contributed by atoms with E-state index in [0.29, 0.717) is 23.3 Å². The van der Waals surface area contributed by atoms with Crippen LogP contribution in [-0.2, 0) is 16.1 Å². The van der Waals surface area contributed by atoms with Crippen LogP contribution >= 0.6 is 23.4 Å². The molecule has 0 radical (unpaired) electrons. The van der Waals surface area contributed by atoms with Gasteiger partial charge in [-0.3, -0.25) is 4.79 Å². The Morgan fingerprint density at radius 2 is 2.32 bits per heavy atom. The van der Waals surface area contributed by atoms with Gasteiger partial charge in [-0.15, -0.1) is 10.2 Å². The van der Waals surface area contributed by atoms with Gasteiger partial charge in [0.1, 0.15) is 6.33 Å². The zero-order chi connectivity index (χ0) is 15.9. The molecule has 1 amide bonds. The lowest BCUT2D eigenvalue weighted by atomic mass is 10.2. The number of halogens is 1. The molecule has 0 aliphatic rings. The number of carbonyl (C=O) groups is 1. The molecule has 6 nitrogen and oxygen atoms in total. The number of carbonyl (C=O) groups excluding carboxylic acids is 1. The number of ether oxygens (including phenoxy) is 1. The summed E-state index contributed by atoms with van der Waals surface area (Å²) in [5.74, 6) is 0.157. The Labute approximate surface area is 138 Å². The largest absolute Gasteiger partial charge is 0.383 e. The maximum Gasteiger partial charge on any atom is 0.234 e. The quantitative estimate of drug-likeness (QED) is 0.785. The number of methoxy groups -OCH3 is 1. The third-order valence-electron chi connectivity index (χ3n) is 2.91. The summed E-state index contributed by atoms with van der Waals surface area (Å²) < 4.78 is 6.88. The van der Waals surface area contributed by atoms with E-state index in [4.69, 9.17) is 16.3 Å². The van der Waals surface area contributed by atoms with Crippen molar-refractivity contribution < 1.29 is 9.53 Å². The van der Waals surface area contributed by atoms with Gasteiger partial charge >= 0.3 is 0 Å². The van der Waals surface area contributed by atoms with Crippen molar-refractivity contribution in [1.29, 1.82) is 0 Å². The first-order chi connectivity index (χ1) is 10.6. The van der Waals surface area contributed by atoms with Gasteiger partial charge in [0.25, 0.3) is 0 Å². The van der Waals surface area contributed by atoms with Gasteiger partial charge in [-0.05, 0) is 30.7 Å². The molecule has 22 heavy (non-hydrogen) atoms. The molecule has 0 spiro atoms. The standard InChI is InChI=1S/C14H17ClN4O2S/c1-10-7-11(15)3-4-12(10)17-13(20)8-22-14-18-16-9-19(14)5-6-21-2/h3-4,7,9H,5-6,8H2,1-2H3,(H,17,20). The summed E-state index contributed by atoms with van der Waals surface area (Å²) in [4.78, 5) is 12.0. The summed E-state index contributed by atoms with van der Waals surface area (Å²) in [6.07, 6.45) is 1.63. The van der Waals surface area contributed by atoms with Crippen LogP contribution in [-0.4, -0.2) is 40.1 Å². The Morgan fingerprint density at radius 3 is 3.05 bits per heavy atom. The van der Waals surface area contributed by atoms with Gasteiger partial charge < -0.3 is 14.6 Å². The lowest BCUT2D eigenvalue weighted by molar-refractivity contribution is -0.113. The first-order valence-corrected chi connectivity index (χ1v) is 8.02. The third kappa shape index (κ3) is 4.72. The highest BCUT2D eigenvalue weighted by molar-refractivity contribution is 7.99. The first kappa shape index (κ1) is 16.8. The molecule has 2 rings (SSSR count). The number of rotatable bonds is 7. The molecule has 118 valence electrons. The Balaban J connectivity index is 1.89. The van der Waals surface area contributed by atoms with Gasteiger partial charge in [-0.2, -0.15) is 0 Å². The fourth-order valence-electron chi connectivity index (χ4n) is 1.78. The molecular weight excluding hydrogens is 324 g/mol. The third-order valence-corrected chi connectivity index (χ3v) is 4.13. The Hall–Kier alpha value is -1.57. The predicted octanol–water partition coefficient (Wildman–Crippen LogP) is 2.62. The molecule has 1 heterocycles. The van der Waals surface area contributed by atoms with Crippen molar-refractivity contribution in [2.45, 2.75) is 18.6 Å². The molecule has 0 aliphatic heterocycles. The van der Waals surface area contributed by atoms with Crippen LogP contribution < -0.4 is 5.32 Å². The molecule has 8 heteroatoms. The van der Waals surface area contributed by atoms with Crippen LogP contribution in [0.4, 0.5) is 5.69 Å². The van der Waals surface area contributed by atoms with Gasteiger partial charge in [-0.25, -0.2) is 0 Å². The molecule has 1 N–H and O–H groups in total. The smallest absolute Gasteiger partial charge is 0.234 e. The number of aryl methyl sites for hydroxylation is 1. The van der Waals surface area contributed by atoms with E-state index in [9.17, 15) is 4.79 Å². The molecule has 0 saturated carbocycles. The monoisotopic (exact) mass is 340 g/mol. The normalized spacial score (nSPS) is 10.7. The van der Waals surface area contributed by atoms with Gasteiger partial charge in [0.05, 0.1) is 12.4 Å². The van der Waals surface area contributed by atoms with Gasteiger partial charge in [0.2, 0.25) is 5.91 Å². The minimum absolute atomic E-state index is 0.100. The number of nitrogens with zero attached hydrogens (tertiary/aromatic N) is 3. The maximum absolute atomic E-state index is 12.0. The highest BCUT2D eigenvalue weighted by Crippen LogP contribution is 2.20. The minimum Gasteiger partial charge on any atom is -0.383 e. The Kier molecular flexibility index (Phi) is 6.23. The lowest BCUT2D eigenvalue weighted by Gasteiger charge is -2.09. The van der Waals surface area contributed by atoms with Crippen molar-refractivity contribution in [2.24, 2.45) is 0 Å². The summed E-state index contributed by atoms with van der Waals surface area (Å²) in [7, 11) is 1.64. The van der Waals surface area contributed by atoms with Crippen LogP contribution in [0.25, 0.3) is 0 Å². The Bertz CT molecular complexity index is 648. The van der Waals surface area contributed by atoms with E-state index in [0.717, 1.165) is 11.3 Å². The summed E-state index contributed by atoms with van der Waals surface area (Å²) in [5, 5.41) is 12.1. The number of anilines is 1. The number of thioether (sulfide) groups is 1. The van der Waals surface area contributed by atoms with Crippen molar-refractivity contribution >= 4 is 35.0 Å². The second-order valence-electron chi connectivity index (χ2n) is 4.60. The number of hydrogen-bond donors (Lipinski definition) is 1. The fourth-order valence-corrected chi connectivity index (χ4v) is 2.75. The SMILES string of the molecule is COCCn1cnnc1SCC(=O)Nc1ccc(Cl)cc1C. The van der Waals surface area contributed by atoms with E-state index in [-0.39, 0.29) is 11.7 Å². The maximum atomic E-state index is 12.0. The van der Waals surface area contributed by atoms with E-state index in [1.807, 2.05) is 17.6 Å². The lowest BCUT2D eigenvalue weighted by Crippen LogP contribution is -2.15. The summed E-state index contributed by atoms with van der Waals surface area (Å²) >= 11 is 7.23. The van der Waals surface area contributed by atoms with Crippen molar-refractivity contribution in [2.75, 3.05) is 24.8 Å². The predicted molar refractivity (Wildman–Crippen MR) is 87.4 cm³/mol. The van der Waals surface area contributed by atoms with Gasteiger partial charge in [-0.1, -0.05) is 23.4 Å². The van der Waals surface area contributed by atoms with Gasteiger partial charge in [0, 0.05) is 24.4 Å². The molecule has 0 saturated heterocycles. The number of hydrogen-bond acceptors (Lipinski definition) is 5. The average Bonchev–Trinajstić information content (AvgIpc) is 2.93. The van der Waals surface area contributed by atoms with E-state index < -0.39 is 0 Å². The average molecular weight is 341 g/mol. The highest BCUT2D eigenvalue weighted by atomic mass is 35.5. The molecule has 0 atom stereocenters. The number of aromatic nitrogens is 3. The molecular formula is C14H17ClN4O2S. The van der Waals surface area contributed by atoms with Crippen molar-refractivity contribution in [3.63, 3.8) is 0 Å². The molecule has 0 fully saturated rings. The molecule has 1 aromatic heterocycles. The highest BCUT2D eigenvalue weighted by Gasteiger charge is 2.10. The van der Waals surface area contributed by atoms with Gasteiger partial charge in [0.15, 0.2) is 5.16 Å². The van der Waals surface area contributed by atoms with E-state index in [1.54, 1.807) is 25.6 Å². The number of benzene rings is 1. The number of nitrogens with one attached hydrogen (secondary N) is 1. The van der Waals surface area contributed by atoms with E-state index in [1.165, 1.54) is 11.8 Å². The number of amides is 1. The summed E-state index contributed by atoms with van der Waals surface area (Å²) in [6.45, 7) is 3.13. The van der Waals surface area contributed by atoms with Crippen LogP contribution in [0.1, 0.15) is 5.56 Å². The van der Waals surface area contributed by atoms with E-state index >= 15 is 0 Å². The van der Waals surface area contributed by atoms with Crippen LogP contribution in [0.2, 0.25) is 5.02 Å². The van der Waals surface area contributed by atoms with Crippen LogP contribution in [0, 0.1) is 6.92 Å². The van der Waals surface area contributed by atoms with E-state index in [2.05, 4.69) is 15.5 Å². The second kappa shape index (κ2) is 8.17. The second-order valence-corrected chi connectivity index (χ2v) is 5.97. The zero-order valence-electron chi connectivity index (χ0n) is 12.4. The topological polar surface area (TPSA) is 69.0 Å². The first-order valence-electron chi connectivity index (χ1n) is 6.65. The minimum atomic E-state index is -0.100. The molecule has 0 unspecified atom stereocenters. The molecule has 0 bridgehead atoms. The Morgan fingerprint density at radius 1 is 1.50 bits per heavy atom. The molecule has 1 aromatic carbocycles. The molecule has 2 aromatic rings. The van der Waals surface area contributed by atoms with Crippen LogP contribution in [0.5, 0.6) is 0 Å².